The first-order chi connectivity index (χ1) is 8.36. The zero-order valence-corrected chi connectivity index (χ0v) is 9.73. The predicted molar refractivity (Wildman–Crippen MR) is 58.3 cm³/mol. The lowest BCUT2D eigenvalue weighted by atomic mass is 9.88. The maximum Gasteiger partial charge on any atom is 0.326 e. The second-order valence-electron chi connectivity index (χ2n) is 4.54. The van der Waals surface area contributed by atoms with Gasteiger partial charge in [0.05, 0.1) is 6.07 Å². The number of nitriles is 1. The molecule has 2 atom stereocenters. The molecule has 1 N–H and O–H groups in total. The summed E-state index contributed by atoms with van der Waals surface area (Å²) >= 11 is 0. The molecular formula is C12H12F2N2O2. The lowest BCUT2D eigenvalue weighted by Gasteiger charge is -2.25. The average Bonchev–Trinajstić information content (AvgIpc) is 2.54. The van der Waals surface area contributed by atoms with Crippen LogP contribution in [0.4, 0.5) is 8.78 Å². The molecule has 4 nitrogen and oxygen atoms in total. The van der Waals surface area contributed by atoms with Gasteiger partial charge in [-0.05, 0) is 5.92 Å². The van der Waals surface area contributed by atoms with Crippen LogP contribution in [0.1, 0.15) is 13.3 Å². The Morgan fingerprint density at radius 1 is 1.61 bits per heavy atom. The Labute approximate surface area is 103 Å². The summed E-state index contributed by atoms with van der Waals surface area (Å²) < 4.78 is 26.3. The van der Waals surface area contributed by atoms with Crippen LogP contribution >= 0.6 is 0 Å². The van der Waals surface area contributed by atoms with Gasteiger partial charge in [0.25, 0.3) is 5.91 Å². The Bertz CT molecular complexity index is 491. The highest BCUT2D eigenvalue weighted by Gasteiger charge is 2.49. The van der Waals surface area contributed by atoms with E-state index in [2.05, 4.69) is 0 Å². The van der Waals surface area contributed by atoms with Crippen LogP contribution in [0.3, 0.4) is 0 Å². The van der Waals surface area contributed by atoms with Crippen molar-refractivity contribution in [3.63, 3.8) is 0 Å². The van der Waals surface area contributed by atoms with Gasteiger partial charge in [-0.3, -0.25) is 4.79 Å². The number of carbonyl (C=O) groups excluding carboxylic acids is 1. The lowest BCUT2D eigenvalue weighted by molar-refractivity contribution is -0.146. The van der Waals surface area contributed by atoms with Crippen LogP contribution in [0.15, 0.2) is 23.6 Å². The van der Waals surface area contributed by atoms with E-state index in [1.807, 2.05) is 6.07 Å². The van der Waals surface area contributed by atoms with E-state index in [1.165, 1.54) is 6.08 Å². The summed E-state index contributed by atoms with van der Waals surface area (Å²) in [6.45, 7) is 1.61. The molecule has 1 heterocycles. The number of amides is 1. The van der Waals surface area contributed by atoms with E-state index in [0.29, 0.717) is 0 Å². The van der Waals surface area contributed by atoms with Crippen molar-refractivity contribution in [3.8, 4) is 6.07 Å². The maximum absolute atomic E-state index is 13.1. The highest BCUT2D eigenvalue weighted by molar-refractivity contribution is 5.87. The van der Waals surface area contributed by atoms with Gasteiger partial charge in [0.15, 0.2) is 0 Å². The highest BCUT2D eigenvalue weighted by atomic mass is 19.3. The van der Waals surface area contributed by atoms with Crippen LogP contribution in [-0.2, 0) is 4.79 Å². The predicted octanol–water partition coefficient (Wildman–Crippen LogP) is 1.97. The third kappa shape index (κ3) is 1.86. The molecule has 1 fully saturated rings. The van der Waals surface area contributed by atoms with Gasteiger partial charge < -0.3 is 10.0 Å². The topological polar surface area (TPSA) is 64.3 Å². The monoisotopic (exact) mass is 254 g/mol. The Balaban J connectivity index is 2.28. The number of likely N-dealkylation sites (tertiary alicyclic amines) is 1. The van der Waals surface area contributed by atoms with Crippen LogP contribution in [0, 0.1) is 23.2 Å². The third-order valence-corrected chi connectivity index (χ3v) is 3.23. The third-order valence-electron chi connectivity index (χ3n) is 3.23. The minimum atomic E-state index is -3.33. The number of halogens is 2. The number of allylic oxidation sites excluding steroid dienone is 3. The number of carbonyl (C=O) groups is 1. The van der Waals surface area contributed by atoms with Gasteiger partial charge in [0.1, 0.15) is 11.7 Å². The summed E-state index contributed by atoms with van der Waals surface area (Å²) in [6, 6.07) is 1.93. The number of alkyl halides is 2. The van der Waals surface area contributed by atoms with Crippen molar-refractivity contribution in [1.29, 1.82) is 5.26 Å². The smallest absolute Gasteiger partial charge is 0.326 e. The Hall–Kier alpha value is -1.90. The lowest BCUT2D eigenvalue weighted by Crippen LogP contribution is -2.33. The first kappa shape index (κ1) is 12.6. The summed E-state index contributed by atoms with van der Waals surface area (Å²) in [7, 11) is 0. The fraction of sp³-hybridized carbons (Fsp3) is 0.500. The molecule has 2 unspecified atom stereocenters. The molecule has 1 aliphatic heterocycles. The molecule has 1 amide bonds. The number of aliphatic hydroxyl groups is 1. The molecule has 18 heavy (non-hydrogen) atoms. The second-order valence-corrected chi connectivity index (χ2v) is 4.54. The fourth-order valence-corrected chi connectivity index (χ4v) is 2.18. The molecular weight excluding hydrogens is 242 g/mol. The first-order valence-electron chi connectivity index (χ1n) is 5.58. The molecule has 0 bridgehead atoms. The summed E-state index contributed by atoms with van der Waals surface area (Å²) in [5.41, 5.74) is 0.244. The number of rotatable bonds is 1. The van der Waals surface area contributed by atoms with Crippen molar-refractivity contribution in [2.45, 2.75) is 19.3 Å². The first-order valence-corrected chi connectivity index (χ1v) is 5.58. The van der Waals surface area contributed by atoms with Gasteiger partial charge in [-0.25, -0.2) is 0 Å². The minimum Gasteiger partial charge on any atom is -0.511 e. The van der Waals surface area contributed by atoms with Crippen LogP contribution in [0.25, 0.3) is 0 Å². The SMILES string of the molecule is CC1C=C(N2CCC(F)(F)C2=O)C=C(O)C1C#N. The van der Waals surface area contributed by atoms with E-state index in [4.69, 9.17) is 5.26 Å². The molecule has 0 radical (unpaired) electrons. The van der Waals surface area contributed by atoms with Gasteiger partial charge >= 0.3 is 5.92 Å². The van der Waals surface area contributed by atoms with Crippen molar-refractivity contribution in [1.82, 2.24) is 4.90 Å². The molecule has 2 aliphatic rings. The second kappa shape index (κ2) is 4.09. The molecule has 1 aliphatic carbocycles. The molecule has 1 saturated heterocycles. The van der Waals surface area contributed by atoms with E-state index in [9.17, 15) is 18.7 Å². The summed E-state index contributed by atoms with van der Waals surface area (Å²) in [5.74, 6) is -5.78. The van der Waals surface area contributed by atoms with Crippen molar-refractivity contribution >= 4 is 5.91 Å². The van der Waals surface area contributed by atoms with Gasteiger partial charge in [-0.2, -0.15) is 14.0 Å². The van der Waals surface area contributed by atoms with Gasteiger partial charge in [-0.1, -0.05) is 13.0 Å². The molecule has 0 spiro atoms. The Morgan fingerprint density at radius 3 is 2.72 bits per heavy atom. The molecule has 2 rings (SSSR count). The van der Waals surface area contributed by atoms with E-state index in [0.717, 1.165) is 4.90 Å². The largest absolute Gasteiger partial charge is 0.511 e. The molecule has 96 valence electrons. The summed E-state index contributed by atoms with van der Waals surface area (Å²) in [6.07, 6.45) is 2.26. The van der Waals surface area contributed by atoms with E-state index in [1.54, 1.807) is 13.0 Å². The number of hydrogen-bond donors (Lipinski definition) is 1. The molecule has 0 saturated carbocycles. The van der Waals surface area contributed by atoms with Gasteiger partial charge in [0.2, 0.25) is 0 Å². The van der Waals surface area contributed by atoms with E-state index in [-0.39, 0.29) is 23.9 Å². The van der Waals surface area contributed by atoms with Gasteiger partial charge in [-0.15, -0.1) is 0 Å². The molecule has 0 aromatic heterocycles. The van der Waals surface area contributed by atoms with Crippen LogP contribution in [0.5, 0.6) is 0 Å². The van der Waals surface area contributed by atoms with Crippen molar-refractivity contribution in [2.75, 3.05) is 6.54 Å². The molecule has 6 heteroatoms. The summed E-state index contributed by atoms with van der Waals surface area (Å²) in [5, 5.41) is 18.5. The van der Waals surface area contributed by atoms with Crippen molar-refractivity contribution < 1.29 is 18.7 Å². The zero-order valence-electron chi connectivity index (χ0n) is 9.73. The normalized spacial score (nSPS) is 30.8. The van der Waals surface area contributed by atoms with Crippen LogP contribution in [0.2, 0.25) is 0 Å². The van der Waals surface area contributed by atoms with E-state index >= 15 is 0 Å². The number of aliphatic hydroxyl groups excluding tert-OH is 1. The zero-order chi connectivity index (χ0) is 13.5. The minimum absolute atomic E-state index is 0.0780. The summed E-state index contributed by atoms with van der Waals surface area (Å²) in [4.78, 5) is 12.4. The van der Waals surface area contributed by atoms with E-state index < -0.39 is 24.2 Å². The van der Waals surface area contributed by atoms with Crippen molar-refractivity contribution in [2.24, 2.45) is 11.8 Å². The van der Waals surface area contributed by atoms with Crippen LogP contribution < -0.4 is 0 Å². The van der Waals surface area contributed by atoms with Crippen LogP contribution in [-0.4, -0.2) is 28.4 Å². The Morgan fingerprint density at radius 2 is 2.28 bits per heavy atom. The standard InChI is InChI=1S/C12H12F2N2O2/c1-7-4-8(5-10(17)9(7)6-15)16-3-2-12(13,14)11(16)18/h4-5,7,9,17H,2-3H2,1H3. The number of nitrogens with zero attached hydrogens (tertiary/aromatic N) is 2. The quantitative estimate of drug-likeness (QED) is 0.778. The fourth-order valence-electron chi connectivity index (χ4n) is 2.18. The maximum atomic E-state index is 13.1. The number of hydrogen-bond acceptors (Lipinski definition) is 3. The highest BCUT2D eigenvalue weighted by Crippen LogP contribution is 2.35. The van der Waals surface area contributed by atoms with Gasteiger partial charge in [0, 0.05) is 24.7 Å². The average molecular weight is 254 g/mol. The molecule has 0 aromatic rings. The Kier molecular flexibility index (Phi) is 2.85. The molecule has 0 aromatic carbocycles. The van der Waals surface area contributed by atoms with Crippen molar-refractivity contribution in [3.05, 3.63) is 23.6 Å².